The van der Waals surface area contributed by atoms with Crippen molar-refractivity contribution in [3.05, 3.63) is 64.7 Å². The number of carbonyl (C=O) groups excluding carboxylic acids is 1. The molecule has 0 aliphatic carbocycles. The SMILES string of the molecule is Cc1ccccc1Cn1cc(NC(=O)C(C)n2cc(Br)cn2)cn1. The molecular weight excluding hydrogens is 370 g/mol. The Morgan fingerprint density at radius 2 is 2.04 bits per heavy atom. The van der Waals surface area contributed by atoms with Crippen LogP contribution in [0.4, 0.5) is 5.69 Å². The summed E-state index contributed by atoms with van der Waals surface area (Å²) in [6, 6.07) is 7.77. The highest BCUT2D eigenvalue weighted by Gasteiger charge is 2.16. The maximum Gasteiger partial charge on any atom is 0.249 e. The molecule has 0 fully saturated rings. The second kappa shape index (κ2) is 7.00. The van der Waals surface area contributed by atoms with Crippen molar-refractivity contribution in [2.24, 2.45) is 0 Å². The van der Waals surface area contributed by atoms with Crippen LogP contribution >= 0.6 is 15.9 Å². The van der Waals surface area contributed by atoms with E-state index < -0.39 is 6.04 Å². The van der Waals surface area contributed by atoms with Gasteiger partial charge in [0.05, 0.1) is 29.1 Å². The van der Waals surface area contributed by atoms with E-state index in [9.17, 15) is 4.79 Å². The highest BCUT2D eigenvalue weighted by atomic mass is 79.9. The van der Waals surface area contributed by atoms with Crippen LogP contribution in [0.1, 0.15) is 24.1 Å². The summed E-state index contributed by atoms with van der Waals surface area (Å²) in [5, 5.41) is 11.3. The van der Waals surface area contributed by atoms with E-state index in [1.54, 1.807) is 30.2 Å². The summed E-state index contributed by atoms with van der Waals surface area (Å²) in [7, 11) is 0. The van der Waals surface area contributed by atoms with Gasteiger partial charge >= 0.3 is 0 Å². The number of halogens is 1. The normalized spacial score (nSPS) is 12.1. The lowest BCUT2D eigenvalue weighted by atomic mass is 10.1. The first-order valence-corrected chi connectivity index (χ1v) is 8.39. The molecule has 0 saturated heterocycles. The number of aromatic nitrogens is 4. The predicted octanol–water partition coefficient (Wildman–Crippen LogP) is 3.40. The van der Waals surface area contributed by atoms with E-state index in [-0.39, 0.29) is 5.91 Å². The van der Waals surface area contributed by atoms with Gasteiger partial charge in [0.25, 0.3) is 0 Å². The molecule has 6 nitrogen and oxygen atoms in total. The van der Waals surface area contributed by atoms with Gasteiger partial charge in [-0.05, 0) is 40.9 Å². The summed E-state index contributed by atoms with van der Waals surface area (Å²) in [5.74, 6) is -0.138. The third kappa shape index (κ3) is 3.73. The van der Waals surface area contributed by atoms with E-state index in [4.69, 9.17) is 0 Å². The topological polar surface area (TPSA) is 64.7 Å². The summed E-state index contributed by atoms with van der Waals surface area (Å²) < 4.78 is 4.26. The minimum atomic E-state index is -0.406. The van der Waals surface area contributed by atoms with Crippen LogP contribution in [0.5, 0.6) is 0 Å². The lowest BCUT2D eigenvalue weighted by molar-refractivity contribution is -0.119. The lowest BCUT2D eigenvalue weighted by Crippen LogP contribution is -2.23. The Balaban J connectivity index is 1.65. The number of nitrogens with zero attached hydrogens (tertiary/aromatic N) is 4. The highest BCUT2D eigenvalue weighted by Crippen LogP contribution is 2.15. The third-order valence-electron chi connectivity index (χ3n) is 3.84. The summed E-state index contributed by atoms with van der Waals surface area (Å²) >= 11 is 3.33. The molecule has 1 aromatic carbocycles. The van der Waals surface area contributed by atoms with E-state index in [1.165, 1.54) is 11.1 Å². The number of anilines is 1. The Bertz CT molecular complexity index is 854. The summed E-state index contributed by atoms with van der Waals surface area (Å²) in [4.78, 5) is 12.3. The number of nitrogens with one attached hydrogen (secondary N) is 1. The van der Waals surface area contributed by atoms with Crippen LogP contribution in [0.15, 0.2) is 53.5 Å². The molecule has 1 amide bonds. The largest absolute Gasteiger partial charge is 0.322 e. The Kier molecular flexibility index (Phi) is 4.80. The zero-order chi connectivity index (χ0) is 17.1. The zero-order valence-electron chi connectivity index (χ0n) is 13.5. The molecule has 2 aromatic heterocycles. The second-order valence-electron chi connectivity index (χ2n) is 5.66. The minimum absolute atomic E-state index is 0.138. The maximum atomic E-state index is 12.3. The molecule has 3 aromatic rings. The van der Waals surface area contributed by atoms with Crippen LogP contribution in [0.2, 0.25) is 0 Å². The van der Waals surface area contributed by atoms with Crippen LogP contribution in [-0.4, -0.2) is 25.5 Å². The predicted molar refractivity (Wildman–Crippen MR) is 95.8 cm³/mol. The van der Waals surface area contributed by atoms with E-state index in [0.29, 0.717) is 12.2 Å². The third-order valence-corrected chi connectivity index (χ3v) is 4.25. The molecule has 0 bridgehead atoms. The van der Waals surface area contributed by atoms with E-state index in [2.05, 4.69) is 50.5 Å². The van der Waals surface area contributed by atoms with Gasteiger partial charge in [-0.2, -0.15) is 10.2 Å². The fraction of sp³-hybridized carbons (Fsp3) is 0.235. The van der Waals surface area contributed by atoms with Gasteiger partial charge in [-0.1, -0.05) is 24.3 Å². The van der Waals surface area contributed by atoms with E-state index in [1.807, 2.05) is 23.0 Å². The Morgan fingerprint density at radius 1 is 1.25 bits per heavy atom. The number of rotatable bonds is 5. The van der Waals surface area contributed by atoms with Gasteiger partial charge in [-0.25, -0.2) is 0 Å². The van der Waals surface area contributed by atoms with E-state index >= 15 is 0 Å². The van der Waals surface area contributed by atoms with Crippen molar-refractivity contribution in [3.8, 4) is 0 Å². The smallest absolute Gasteiger partial charge is 0.249 e. The first-order chi connectivity index (χ1) is 11.5. The molecule has 24 heavy (non-hydrogen) atoms. The standard InChI is InChI=1S/C17H18BrN5O/c1-12-5-3-4-6-14(12)9-22-11-16(8-19-22)21-17(24)13(2)23-10-15(18)7-20-23/h3-8,10-11,13H,9H2,1-2H3,(H,21,24). The maximum absolute atomic E-state index is 12.3. The molecule has 0 aliphatic heterocycles. The van der Waals surface area contributed by atoms with Crippen LogP contribution in [-0.2, 0) is 11.3 Å². The summed E-state index contributed by atoms with van der Waals surface area (Å²) in [6.45, 7) is 4.54. The molecule has 2 heterocycles. The Hall–Kier alpha value is -2.41. The molecule has 1 N–H and O–H groups in total. The molecule has 1 atom stereocenters. The average Bonchev–Trinajstić information content (AvgIpc) is 3.18. The van der Waals surface area contributed by atoms with Crippen LogP contribution in [0, 0.1) is 6.92 Å². The summed E-state index contributed by atoms with van der Waals surface area (Å²) in [6.07, 6.45) is 6.91. The van der Waals surface area contributed by atoms with Crippen LogP contribution in [0.25, 0.3) is 0 Å². The highest BCUT2D eigenvalue weighted by molar-refractivity contribution is 9.10. The molecular formula is C17H18BrN5O. The van der Waals surface area contributed by atoms with Gasteiger partial charge in [-0.3, -0.25) is 14.2 Å². The quantitative estimate of drug-likeness (QED) is 0.729. The molecule has 3 rings (SSSR count). The molecule has 0 aliphatic rings. The Morgan fingerprint density at radius 3 is 2.75 bits per heavy atom. The van der Waals surface area contributed by atoms with Crippen molar-refractivity contribution in [1.29, 1.82) is 0 Å². The monoisotopic (exact) mass is 387 g/mol. The van der Waals surface area contributed by atoms with Gasteiger partial charge in [0.15, 0.2) is 0 Å². The van der Waals surface area contributed by atoms with Crippen molar-refractivity contribution in [2.45, 2.75) is 26.4 Å². The summed E-state index contributed by atoms with van der Waals surface area (Å²) in [5.41, 5.74) is 3.09. The molecule has 124 valence electrons. The molecule has 7 heteroatoms. The molecule has 0 radical (unpaired) electrons. The van der Waals surface area contributed by atoms with Crippen molar-refractivity contribution in [1.82, 2.24) is 19.6 Å². The fourth-order valence-electron chi connectivity index (χ4n) is 2.37. The van der Waals surface area contributed by atoms with Crippen molar-refractivity contribution >= 4 is 27.5 Å². The van der Waals surface area contributed by atoms with Gasteiger partial charge in [0.2, 0.25) is 5.91 Å². The molecule has 0 spiro atoms. The molecule has 1 unspecified atom stereocenters. The first-order valence-electron chi connectivity index (χ1n) is 7.60. The lowest BCUT2D eigenvalue weighted by Gasteiger charge is -2.11. The number of aryl methyl sites for hydroxylation is 1. The van der Waals surface area contributed by atoms with Crippen LogP contribution in [0.3, 0.4) is 0 Å². The average molecular weight is 388 g/mol. The number of hydrogen-bond acceptors (Lipinski definition) is 3. The number of hydrogen-bond donors (Lipinski definition) is 1. The van der Waals surface area contributed by atoms with Gasteiger partial charge in [-0.15, -0.1) is 0 Å². The van der Waals surface area contributed by atoms with Crippen molar-refractivity contribution < 1.29 is 4.79 Å². The van der Waals surface area contributed by atoms with Crippen molar-refractivity contribution in [2.75, 3.05) is 5.32 Å². The van der Waals surface area contributed by atoms with Gasteiger partial charge in [0.1, 0.15) is 6.04 Å². The van der Waals surface area contributed by atoms with E-state index in [0.717, 1.165) is 4.47 Å². The van der Waals surface area contributed by atoms with Crippen molar-refractivity contribution in [3.63, 3.8) is 0 Å². The number of carbonyl (C=O) groups is 1. The number of benzene rings is 1. The second-order valence-corrected chi connectivity index (χ2v) is 6.57. The van der Waals surface area contributed by atoms with Gasteiger partial charge in [0, 0.05) is 12.4 Å². The van der Waals surface area contributed by atoms with Gasteiger partial charge < -0.3 is 5.32 Å². The first kappa shape index (κ1) is 16.4. The number of amides is 1. The van der Waals surface area contributed by atoms with Crippen LogP contribution < -0.4 is 5.32 Å². The minimum Gasteiger partial charge on any atom is -0.322 e. The zero-order valence-corrected chi connectivity index (χ0v) is 15.1. The fourth-order valence-corrected chi connectivity index (χ4v) is 2.67. The Labute approximate surface area is 148 Å². The molecule has 0 saturated carbocycles.